The fourth-order valence-electron chi connectivity index (χ4n) is 2.56. The van der Waals surface area contributed by atoms with Gasteiger partial charge in [0.15, 0.2) is 5.82 Å². The van der Waals surface area contributed by atoms with E-state index in [1.54, 1.807) is 0 Å². The van der Waals surface area contributed by atoms with Gasteiger partial charge in [0.25, 0.3) is 0 Å². The summed E-state index contributed by atoms with van der Waals surface area (Å²) in [6.45, 7) is 9.36. The fourth-order valence-corrected chi connectivity index (χ4v) is 2.56. The minimum absolute atomic E-state index is 0.103. The largest absolute Gasteiger partial charge is 0.354 e. The van der Waals surface area contributed by atoms with E-state index < -0.39 is 0 Å². The molecule has 21 heavy (non-hydrogen) atoms. The minimum atomic E-state index is 0.103. The predicted octanol–water partition coefficient (Wildman–Crippen LogP) is 1.90. The van der Waals surface area contributed by atoms with Crippen LogP contribution < -0.4 is 10.2 Å². The molecule has 1 aromatic rings. The molecule has 1 fully saturated rings. The smallest absolute Gasteiger partial charge is 0.151 e. The highest BCUT2D eigenvalue weighted by atomic mass is 15.3. The van der Waals surface area contributed by atoms with Crippen molar-refractivity contribution in [2.45, 2.75) is 51.7 Å². The lowest BCUT2D eigenvalue weighted by Gasteiger charge is -2.36. The third kappa shape index (κ3) is 4.93. The zero-order valence-corrected chi connectivity index (χ0v) is 14.1. The van der Waals surface area contributed by atoms with E-state index in [2.05, 4.69) is 72.3 Å². The summed E-state index contributed by atoms with van der Waals surface area (Å²) in [5.41, 5.74) is 1.10. The van der Waals surface area contributed by atoms with Gasteiger partial charge in [-0.3, -0.25) is 0 Å². The highest BCUT2D eigenvalue weighted by molar-refractivity contribution is 5.38. The predicted molar refractivity (Wildman–Crippen MR) is 87.5 cm³/mol. The molecule has 2 rings (SSSR count). The van der Waals surface area contributed by atoms with Crippen molar-refractivity contribution in [2.24, 2.45) is 0 Å². The van der Waals surface area contributed by atoms with Crippen LogP contribution in [0.2, 0.25) is 0 Å². The van der Waals surface area contributed by atoms with Crippen molar-refractivity contribution in [1.29, 1.82) is 0 Å². The van der Waals surface area contributed by atoms with Crippen molar-refractivity contribution in [1.82, 2.24) is 20.4 Å². The van der Waals surface area contributed by atoms with Crippen molar-refractivity contribution >= 4 is 5.82 Å². The summed E-state index contributed by atoms with van der Waals surface area (Å²) < 4.78 is 0. The van der Waals surface area contributed by atoms with E-state index in [1.165, 1.54) is 12.8 Å². The quantitative estimate of drug-likeness (QED) is 0.918. The molecular formula is C16H29N5. The molecule has 1 unspecified atom stereocenters. The van der Waals surface area contributed by atoms with Crippen LogP contribution in [0.5, 0.6) is 0 Å². The number of aromatic nitrogens is 2. The van der Waals surface area contributed by atoms with Crippen LogP contribution in [0.4, 0.5) is 5.82 Å². The Morgan fingerprint density at radius 2 is 2.05 bits per heavy atom. The van der Waals surface area contributed by atoms with E-state index in [-0.39, 0.29) is 5.54 Å². The Labute approximate surface area is 128 Å². The molecule has 0 radical (unpaired) electrons. The maximum Gasteiger partial charge on any atom is 0.151 e. The Balaban J connectivity index is 1.95. The van der Waals surface area contributed by atoms with Crippen molar-refractivity contribution in [3.8, 4) is 0 Å². The monoisotopic (exact) mass is 291 g/mol. The van der Waals surface area contributed by atoms with Gasteiger partial charge in [-0.25, -0.2) is 0 Å². The molecule has 0 spiro atoms. The summed E-state index contributed by atoms with van der Waals surface area (Å²) in [5.74, 6) is 1.00. The Hall–Kier alpha value is -1.20. The van der Waals surface area contributed by atoms with Gasteiger partial charge in [0.1, 0.15) is 0 Å². The van der Waals surface area contributed by atoms with E-state index in [4.69, 9.17) is 0 Å². The van der Waals surface area contributed by atoms with Crippen LogP contribution in [0.1, 0.15) is 39.3 Å². The van der Waals surface area contributed by atoms with E-state index in [0.717, 1.165) is 31.1 Å². The molecule has 0 aromatic carbocycles. The first-order valence-electron chi connectivity index (χ1n) is 7.84. The van der Waals surface area contributed by atoms with Crippen molar-refractivity contribution in [3.63, 3.8) is 0 Å². The maximum atomic E-state index is 4.41. The average molecular weight is 291 g/mol. The summed E-state index contributed by atoms with van der Waals surface area (Å²) in [7, 11) is 4.31. The first-order chi connectivity index (χ1) is 9.85. The summed E-state index contributed by atoms with van der Waals surface area (Å²) in [4.78, 5) is 4.66. The fraction of sp³-hybridized carbons (Fsp3) is 0.750. The van der Waals surface area contributed by atoms with Crippen LogP contribution >= 0.6 is 0 Å². The van der Waals surface area contributed by atoms with Crippen molar-refractivity contribution < 1.29 is 0 Å². The summed E-state index contributed by atoms with van der Waals surface area (Å²) in [5, 5.41) is 12.2. The molecule has 5 heteroatoms. The molecule has 2 heterocycles. The van der Waals surface area contributed by atoms with E-state index in [0.29, 0.717) is 6.04 Å². The zero-order chi connectivity index (χ0) is 15.5. The van der Waals surface area contributed by atoms with Gasteiger partial charge in [0, 0.05) is 31.2 Å². The first kappa shape index (κ1) is 16.2. The molecule has 0 aliphatic carbocycles. The lowest BCUT2D eigenvalue weighted by molar-refractivity contribution is 0.257. The molecule has 1 aliphatic rings. The number of nitrogens with zero attached hydrogens (tertiary/aromatic N) is 4. The molecule has 1 aromatic heterocycles. The number of rotatable bonds is 4. The van der Waals surface area contributed by atoms with Gasteiger partial charge in [0.05, 0.1) is 5.69 Å². The van der Waals surface area contributed by atoms with Crippen molar-refractivity contribution in [3.05, 3.63) is 17.8 Å². The Bertz CT molecular complexity index is 435. The van der Waals surface area contributed by atoms with Gasteiger partial charge in [-0.2, -0.15) is 5.10 Å². The van der Waals surface area contributed by atoms with Crippen LogP contribution in [-0.2, 0) is 6.54 Å². The lowest BCUT2D eigenvalue weighted by Crippen LogP contribution is -2.45. The molecule has 0 saturated carbocycles. The molecule has 0 amide bonds. The molecular weight excluding hydrogens is 262 g/mol. The second-order valence-corrected chi connectivity index (χ2v) is 7.19. The Morgan fingerprint density at radius 3 is 2.62 bits per heavy atom. The number of hydrogen-bond donors (Lipinski definition) is 1. The number of nitrogens with one attached hydrogen (secondary N) is 1. The van der Waals surface area contributed by atoms with Gasteiger partial charge in [0.2, 0.25) is 0 Å². The second kappa shape index (κ2) is 6.71. The first-order valence-corrected chi connectivity index (χ1v) is 7.84. The number of likely N-dealkylation sites (N-methyl/N-ethyl adjacent to an activating group) is 1. The second-order valence-electron chi connectivity index (χ2n) is 7.19. The number of hydrogen-bond acceptors (Lipinski definition) is 5. The van der Waals surface area contributed by atoms with Gasteiger partial charge in [-0.15, -0.1) is 5.10 Å². The standard InChI is InChI=1S/C16H29N5/c1-16(2,3)17-11-13-8-9-15(19-18-13)21-10-6-7-14(12-21)20(4)5/h8-9,14,17H,6-7,10-12H2,1-5H3. The topological polar surface area (TPSA) is 44.3 Å². The van der Waals surface area contributed by atoms with Gasteiger partial charge in [-0.05, 0) is 59.8 Å². The van der Waals surface area contributed by atoms with Crippen molar-refractivity contribution in [2.75, 3.05) is 32.1 Å². The highest BCUT2D eigenvalue weighted by Crippen LogP contribution is 2.19. The molecule has 1 atom stereocenters. The average Bonchev–Trinajstić information content (AvgIpc) is 2.45. The zero-order valence-electron chi connectivity index (χ0n) is 14.1. The normalized spacial score (nSPS) is 20.1. The molecule has 118 valence electrons. The summed E-state index contributed by atoms with van der Waals surface area (Å²) in [6, 6.07) is 4.80. The van der Waals surface area contributed by atoms with Gasteiger partial charge in [-0.1, -0.05) is 0 Å². The molecule has 1 aliphatic heterocycles. The van der Waals surface area contributed by atoms with E-state index in [9.17, 15) is 0 Å². The molecule has 5 nitrogen and oxygen atoms in total. The summed E-state index contributed by atoms with van der Waals surface area (Å²) in [6.07, 6.45) is 2.49. The lowest BCUT2D eigenvalue weighted by atomic mass is 10.1. The minimum Gasteiger partial charge on any atom is -0.354 e. The van der Waals surface area contributed by atoms with Gasteiger partial charge >= 0.3 is 0 Å². The maximum absolute atomic E-state index is 4.41. The Kier molecular flexibility index (Phi) is 5.17. The van der Waals surface area contributed by atoms with Gasteiger partial charge < -0.3 is 15.1 Å². The van der Waals surface area contributed by atoms with Crippen LogP contribution in [-0.4, -0.2) is 53.9 Å². The van der Waals surface area contributed by atoms with Crippen LogP contribution in [0.25, 0.3) is 0 Å². The number of piperidine rings is 1. The third-order valence-electron chi connectivity index (χ3n) is 3.96. The third-order valence-corrected chi connectivity index (χ3v) is 3.96. The van der Waals surface area contributed by atoms with Crippen LogP contribution in [0.15, 0.2) is 12.1 Å². The summed E-state index contributed by atoms with van der Waals surface area (Å²) >= 11 is 0. The molecule has 1 saturated heterocycles. The highest BCUT2D eigenvalue weighted by Gasteiger charge is 2.22. The van der Waals surface area contributed by atoms with E-state index >= 15 is 0 Å². The van der Waals surface area contributed by atoms with Crippen LogP contribution in [0.3, 0.4) is 0 Å². The molecule has 0 bridgehead atoms. The van der Waals surface area contributed by atoms with E-state index in [1.807, 2.05) is 0 Å². The number of anilines is 1. The Morgan fingerprint density at radius 1 is 1.29 bits per heavy atom. The molecule has 1 N–H and O–H groups in total. The van der Waals surface area contributed by atoms with Crippen LogP contribution in [0, 0.1) is 0 Å². The SMILES string of the molecule is CN(C)C1CCCN(c2ccc(CNC(C)(C)C)nn2)C1.